The topological polar surface area (TPSA) is 136 Å². The van der Waals surface area contributed by atoms with Crippen LogP contribution in [0.15, 0.2) is 30.4 Å². The molecular weight excluding hydrogens is 406 g/mol. The molecule has 0 radical (unpaired) electrons. The fraction of sp³-hybridized carbons (Fsp3) is 0.333. The van der Waals surface area contributed by atoms with E-state index in [9.17, 15) is 29.3 Å². The first kappa shape index (κ1) is 20.5. The molecule has 1 heterocycles. The van der Waals surface area contributed by atoms with Crippen LogP contribution in [0.25, 0.3) is 0 Å². The van der Waals surface area contributed by atoms with Crippen LogP contribution in [-0.2, 0) is 23.9 Å². The Morgan fingerprint density at radius 2 is 1.83 bits per heavy atom. The fourth-order valence-electron chi connectivity index (χ4n) is 3.25. The zero-order chi connectivity index (χ0) is 21.1. The number of nitrogens with one attached hydrogen (secondary N) is 1. The minimum absolute atomic E-state index is 0.0108. The van der Waals surface area contributed by atoms with E-state index in [0.717, 1.165) is 11.0 Å². The maximum atomic E-state index is 12.3. The van der Waals surface area contributed by atoms with Gasteiger partial charge in [0.05, 0.1) is 27.5 Å². The summed E-state index contributed by atoms with van der Waals surface area (Å²) in [6, 6.07) is 3.49. The zero-order valence-electron chi connectivity index (χ0n) is 15.0. The Labute approximate surface area is 169 Å². The Hall–Kier alpha value is -3.27. The van der Waals surface area contributed by atoms with Gasteiger partial charge in [-0.1, -0.05) is 23.8 Å². The molecule has 1 aromatic rings. The smallest absolute Gasteiger partial charge is 0.326 e. The maximum absolute atomic E-state index is 12.3. The molecule has 2 unspecified atom stereocenters. The molecule has 0 aromatic heterocycles. The van der Waals surface area contributed by atoms with Gasteiger partial charge < -0.3 is 10.1 Å². The number of carbonyl (C=O) groups excluding carboxylic acids is 4. The number of benzene rings is 1. The molecule has 1 aliphatic heterocycles. The molecule has 10 nitrogen and oxygen atoms in total. The Bertz CT molecular complexity index is 904. The third kappa shape index (κ3) is 4.43. The highest BCUT2D eigenvalue weighted by Crippen LogP contribution is 2.34. The lowest BCUT2D eigenvalue weighted by molar-refractivity contribution is -0.384. The number of fused-ring (bicyclic) bond motifs is 1. The molecule has 152 valence electrons. The van der Waals surface area contributed by atoms with Crippen LogP contribution in [0.3, 0.4) is 0 Å². The van der Waals surface area contributed by atoms with Crippen molar-refractivity contribution in [2.24, 2.45) is 11.8 Å². The van der Waals surface area contributed by atoms with Crippen LogP contribution in [0.1, 0.15) is 12.8 Å². The van der Waals surface area contributed by atoms with Gasteiger partial charge in [0, 0.05) is 12.1 Å². The number of imide groups is 1. The molecule has 1 aromatic carbocycles. The third-order valence-electron chi connectivity index (χ3n) is 4.69. The highest BCUT2D eigenvalue weighted by molar-refractivity contribution is 6.33. The van der Waals surface area contributed by atoms with Crippen molar-refractivity contribution in [2.45, 2.75) is 12.8 Å². The molecule has 11 heteroatoms. The van der Waals surface area contributed by atoms with Crippen LogP contribution < -0.4 is 5.32 Å². The van der Waals surface area contributed by atoms with Crippen LogP contribution >= 0.6 is 11.6 Å². The highest BCUT2D eigenvalue weighted by Gasteiger charge is 2.47. The van der Waals surface area contributed by atoms with Crippen molar-refractivity contribution in [3.63, 3.8) is 0 Å². The number of nitro benzene ring substituents is 1. The van der Waals surface area contributed by atoms with Gasteiger partial charge in [-0.15, -0.1) is 0 Å². The van der Waals surface area contributed by atoms with E-state index in [4.69, 9.17) is 16.3 Å². The zero-order valence-corrected chi connectivity index (χ0v) is 15.8. The van der Waals surface area contributed by atoms with Crippen molar-refractivity contribution < 1.29 is 28.8 Å². The van der Waals surface area contributed by atoms with E-state index in [0.29, 0.717) is 12.8 Å². The Balaban J connectivity index is 1.53. The van der Waals surface area contributed by atoms with Crippen LogP contribution in [0.5, 0.6) is 0 Å². The van der Waals surface area contributed by atoms with Gasteiger partial charge in [0.2, 0.25) is 11.8 Å². The number of ether oxygens (including phenoxy) is 1. The van der Waals surface area contributed by atoms with E-state index in [-0.39, 0.29) is 16.4 Å². The van der Waals surface area contributed by atoms with Crippen molar-refractivity contribution in [3.8, 4) is 0 Å². The largest absolute Gasteiger partial charge is 0.454 e. The summed E-state index contributed by atoms with van der Waals surface area (Å²) in [6.07, 6.45) is 4.56. The van der Waals surface area contributed by atoms with Crippen LogP contribution in [0.4, 0.5) is 11.4 Å². The molecule has 0 spiro atoms. The molecule has 1 fully saturated rings. The van der Waals surface area contributed by atoms with Crippen molar-refractivity contribution in [1.29, 1.82) is 0 Å². The quantitative estimate of drug-likeness (QED) is 0.242. The first-order chi connectivity index (χ1) is 13.8. The van der Waals surface area contributed by atoms with Crippen LogP contribution in [0.2, 0.25) is 5.02 Å². The van der Waals surface area contributed by atoms with E-state index in [1.807, 2.05) is 12.2 Å². The van der Waals surface area contributed by atoms with Gasteiger partial charge in [-0.3, -0.25) is 34.2 Å². The summed E-state index contributed by atoms with van der Waals surface area (Å²) >= 11 is 5.88. The van der Waals surface area contributed by atoms with E-state index in [1.54, 1.807) is 0 Å². The standard InChI is InChI=1S/C18H16ClN3O7/c19-13-6-5-10(22(27)28)7-14(13)20-15(23)9-29-16(24)8-21-17(25)11-3-1-2-4-12(11)18(21)26/h1-2,5-7,11-12H,3-4,8-9H2,(H,20,23). The molecule has 29 heavy (non-hydrogen) atoms. The number of nitro groups is 1. The number of allylic oxidation sites excluding steroid dienone is 2. The number of hydrogen-bond acceptors (Lipinski definition) is 7. The first-order valence-corrected chi connectivity index (χ1v) is 9.05. The maximum Gasteiger partial charge on any atom is 0.326 e. The monoisotopic (exact) mass is 421 g/mol. The summed E-state index contributed by atoms with van der Waals surface area (Å²) in [5.41, 5.74) is -0.285. The summed E-state index contributed by atoms with van der Waals surface area (Å²) in [4.78, 5) is 59.5. The summed E-state index contributed by atoms with van der Waals surface area (Å²) in [7, 11) is 0. The third-order valence-corrected chi connectivity index (χ3v) is 5.01. The van der Waals surface area contributed by atoms with E-state index >= 15 is 0 Å². The summed E-state index contributed by atoms with van der Waals surface area (Å²) < 4.78 is 4.82. The molecule has 2 atom stereocenters. The number of anilines is 1. The normalized spacial score (nSPS) is 20.4. The highest BCUT2D eigenvalue weighted by atomic mass is 35.5. The lowest BCUT2D eigenvalue weighted by Crippen LogP contribution is -2.37. The predicted molar refractivity (Wildman–Crippen MR) is 99.8 cm³/mol. The van der Waals surface area contributed by atoms with Gasteiger partial charge in [-0.05, 0) is 18.9 Å². The molecule has 0 saturated carbocycles. The summed E-state index contributed by atoms with van der Waals surface area (Å²) in [5.74, 6) is -3.46. The second kappa shape index (κ2) is 8.39. The molecule has 2 aliphatic rings. The molecule has 1 saturated heterocycles. The average molecular weight is 422 g/mol. The van der Waals surface area contributed by atoms with E-state index < -0.39 is 53.6 Å². The lowest BCUT2D eigenvalue weighted by atomic mass is 9.85. The molecule has 3 rings (SSSR count). The minimum atomic E-state index is -0.918. The Morgan fingerprint density at radius 3 is 2.41 bits per heavy atom. The predicted octanol–water partition coefficient (Wildman–Crippen LogP) is 1.68. The summed E-state index contributed by atoms with van der Waals surface area (Å²) in [5, 5.41) is 13.2. The number of likely N-dealkylation sites (tertiary alicyclic amines) is 1. The second-order valence-corrected chi connectivity index (χ2v) is 6.96. The molecule has 3 amide bonds. The number of non-ortho nitro benzene ring substituents is 1. The van der Waals surface area contributed by atoms with Gasteiger partial charge >= 0.3 is 5.97 Å². The fourth-order valence-corrected chi connectivity index (χ4v) is 3.42. The second-order valence-electron chi connectivity index (χ2n) is 6.55. The van der Waals surface area contributed by atoms with Crippen molar-refractivity contribution >= 4 is 46.7 Å². The van der Waals surface area contributed by atoms with Gasteiger partial charge in [-0.2, -0.15) is 0 Å². The number of carbonyl (C=O) groups is 4. The van der Waals surface area contributed by atoms with Crippen LogP contribution in [0, 0.1) is 22.0 Å². The minimum Gasteiger partial charge on any atom is -0.454 e. The van der Waals surface area contributed by atoms with Gasteiger partial charge in [0.15, 0.2) is 6.61 Å². The van der Waals surface area contributed by atoms with Crippen molar-refractivity contribution in [2.75, 3.05) is 18.5 Å². The first-order valence-electron chi connectivity index (χ1n) is 8.67. The molecular formula is C18H16ClN3O7. The van der Waals surface area contributed by atoms with Crippen LogP contribution in [-0.4, -0.2) is 46.7 Å². The van der Waals surface area contributed by atoms with Crippen molar-refractivity contribution in [3.05, 3.63) is 45.5 Å². The Kier molecular flexibility index (Phi) is 5.92. The molecule has 0 bridgehead atoms. The number of hydrogen-bond donors (Lipinski definition) is 1. The molecule has 1 aliphatic carbocycles. The SMILES string of the molecule is O=C(COC(=O)CN1C(=O)C2CC=CCC2C1=O)Nc1cc([N+](=O)[O-])ccc1Cl. The van der Waals surface area contributed by atoms with Gasteiger partial charge in [-0.25, -0.2) is 0 Å². The van der Waals surface area contributed by atoms with E-state index in [2.05, 4.69) is 5.32 Å². The average Bonchev–Trinajstić information content (AvgIpc) is 2.93. The number of amides is 3. The van der Waals surface area contributed by atoms with Gasteiger partial charge in [0.1, 0.15) is 6.54 Å². The van der Waals surface area contributed by atoms with E-state index in [1.165, 1.54) is 12.1 Å². The summed E-state index contributed by atoms with van der Waals surface area (Å²) in [6.45, 7) is -1.28. The number of nitrogens with zero attached hydrogens (tertiary/aromatic N) is 2. The van der Waals surface area contributed by atoms with Gasteiger partial charge in [0.25, 0.3) is 11.6 Å². The number of halogens is 1. The van der Waals surface area contributed by atoms with Crippen molar-refractivity contribution in [1.82, 2.24) is 4.90 Å². The number of rotatable bonds is 6. The molecule has 1 N–H and O–H groups in total. The lowest BCUT2D eigenvalue weighted by Gasteiger charge is -2.14. The Morgan fingerprint density at radius 1 is 1.21 bits per heavy atom. The number of esters is 1.